The Morgan fingerprint density at radius 2 is 2.26 bits per heavy atom. The van der Waals surface area contributed by atoms with Gasteiger partial charge in [0.2, 0.25) is 0 Å². The van der Waals surface area contributed by atoms with Crippen molar-refractivity contribution < 1.29 is 19.0 Å². The number of ether oxygens (including phenoxy) is 3. The van der Waals surface area contributed by atoms with Crippen molar-refractivity contribution in [2.75, 3.05) is 27.4 Å². The van der Waals surface area contributed by atoms with Crippen LogP contribution in [0.2, 0.25) is 0 Å². The molecule has 0 fully saturated rings. The van der Waals surface area contributed by atoms with Crippen molar-refractivity contribution in [3.63, 3.8) is 0 Å². The normalized spacial score (nSPS) is 14.7. The molecule has 0 saturated carbocycles. The van der Waals surface area contributed by atoms with Crippen LogP contribution in [0.5, 0.6) is 5.75 Å². The second kappa shape index (κ2) is 6.33. The van der Waals surface area contributed by atoms with Crippen molar-refractivity contribution in [2.45, 2.75) is 12.8 Å². The van der Waals surface area contributed by atoms with Crippen molar-refractivity contribution in [2.24, 2.45) is 0 Å². The number of esters is 1. The lowest BCUT2D eigenvalue weighted by Crippen LogP contribution is -2.10. The second-order valence-electron chi connectivity index (χ2n) is 4.15. The quantitative estimate of drug-likeness (QED) is 0.772. The number of hydrogen-bond donors (Lipinski definition) is 0. The Bertz CT molecular complexity index is 496. The highest BCUT2D eigenvalue weighted by Gasteiger charge is 2.14. The highest BCUT2D eigenvalue weighted by atomic mass is 16.5. The number of hydrogen-bond acceptors (Lipinski definition) is 5. The zero-order valence-corrected chi connectivity index (χ0v) is 11.1. The molecule has 0 N–H and O–H groups in total. The fourth-order valence-electron chi connectivity index (χ4n) is 1.95. The van der Waals surface area contributed by atoms with Crippen LogP contribution in [-0.4, -0.2) is 38.4 Å². The summed E-state index contributed by atoms with van der Waals surface area (Å²) in [5.41, 5.74) is 2.60. The second-order valence-corrected chi connectivity index (χ2v) is 4.15. The average molecular weight is 263 g/mol. The summed E-state index contributed by atoms with van der Waals surface area (Å²) in [6.45, 7) is 1.31. The summed E-state index contributed by atoms with van der Waals surface area (Å²) < 4.78 is 15.2. The van der Waals surface area contributed by atoms with Gasteiger partial charge in [-0.15, -0.1) is 0 Å². The lowest BCUT2D eigenvalue weighted by Gasteiger charge is -2.15. The van der Waals surface area contributed by atoms with E-state index in [0.717, 1.165) is 17.7 Å². The third-order valence-corrected chi connectivity index (χ3v) is 2.98. The molecule has 0 aliphatic carbocycles. The molecule has 2 heterocycles. The maximum Gasteiger partial charge on any atom is 0.311 e. The minimum Gasteiger partial charge on any atom is -0.495 e. The third-order valence-electron chi connectivity index (χ3n) is 2.98. The molecule has 1 aliphatic heterocycles. The largest absolute Gasteiger partial charge is 0.495 e. The Hall–Kier alpha value is -1.88. The Morgan fingerprint density at radius 3 is 2.89 bits per heavy atom. The zero-order valence-electron chi connectivity index (χ0n) is 11.1. The van der Waals surface area contributed by atoms with Gasteiger partial charge in [-0.3, -0.25) is 4.79 Å². The lowest BCUT2D eigenvalue weighted by molar-refractivity contribution is -0.139. The van der Waals surface area contributed by atoms with Crippen LogP contribution in [0, 0.1) is 0 Å². The van der Waals surface area contributed by atoms with Gasteiger partial charge in [0.15, 0.2) is 0 Å². The van der Waals surface area contributed by atoms with Gasteiger partial charge in [0.1, 0.15) is 5.75 Å². The Labute approximate surface area is 112 Å². The van der Waals surface area contributed by atoms with E-state index in [-0.39, 0.29) is 12.4 Å². The number of carbonyl (C=O) groups is 1. The van der Waals surface area contributed by atoms with E-state index in [4.69, 9.17) is 9.47 Å². The fourth-order valence-corrected chi connectivity index (χ4v) is 1.95. The Balaban J connectivity index is 2.29. The van der Waals surface area contributed by atoms with Crippen LogP contribution in [0.4, 0.5) is 0 Å². The maximum absolute atomic E-state index is 11.4. The van der Waals surface area contributed by atoms with Gasteiger partial charge in [-0.2, -0.15) is 0 Å². The van der Waals surface area contributed by atoms with Crippen LogP contribution in [-0.2, 0) is 20.7 Å². The van der Waals surface area contributed by atoms with E-state index in [1.54, 1.807) is 7.11 Å². The molecule has 0 radical (unpaired) electrons. The number of pyridine rings is 1. The van der Waals surface area contributed by atoms with Gasteiger partial charge in [0.05, 0.1) is 45.2 Å². The van der Waals surface area contributed by atoms with Crippen molar-refractivity contribution in [3.8, 4) is 5.75 Å². The van der Waals surface area contributed by atoms with E-state index < -0.39 is 0 Å². The molecular weight excluding hydrogens is 246 g/mol. The molecule has 102 valence electrons. The topological polar surface area (TPSA) is 57.7 Å². The van der Waals surface area contributed by atoms with Crippen LogP contribution in [0.25, 0.3) is 5.57 Å². The first-order chi connectivity index (χ1) is 9.24. The number of nitrogens with zero attached hydrogens (tertiary/aromatic N) is 1. The van der Waals surface area contributed by atoms with Gasteiger partial charge in [-0.05, 0) is 24.1 Å². The number of carbonyl (C=O) groups excluding carboxylic acids is 1. The summed E-state index contributed by atoms with van der Waals surface area (Å²) in [4.78, 5) is 15.9. The molecule has 5 heteroatoms. The van der Waals surface area contributed by atoms with Gasteiger partial charge in [-0.25, -0.2) is 4.98 Å². The van der Waals surface area contributed by atoms with E-state index >= 15 is 0 Å². The first kappa shape index (κ1) is 13.5. The van der Waals surface area contributed by atoms with Crippen LogP contribution < -0.4 is 4.74 Å². The van der Waals surface area contributed by atoms with Gasteiger partial charge in [0.25, 0.3) is 0 Å². The first-order valence-corrected chi connectivity index (χ1v) is 6.12. The minimum absolute atomic E-state index is 0.108. The predicted molar refractivity (Wildman–Crippen MR) is 69.9 cm³/mol. The monoisotopic (exact) mass is 263 g/mol. The van der Waals surface area contributed by atoms with E-state index in [1.807, 2.05) is 18.2 Å². The molecule has 1 aromatic heterocycles. The molecule has 1 aromatic rings. The molecule has 5 nitrogen and oxygen atoms in total. The van der Waals surface area contributed by atoms with Crippen molar-refractivity contribution in [1.82, 2.24) is 4.98 Å². The minimum atomic E-state index is -0.330. The summed E-state index contributed by atoms with van der Waals surface area (Å²) in [6, 6.07) is 3.73. The number of aromatic nitrogens is 1. The molecule has 0 atom stereocenters. The molecule has 19 heavy (non-hydrogen) atoms. The van der Waals surface area contributed by atoms with Gasteiger partial charge in [0, 0.05) is 0 Å². The van der Waals surface area contributed by atoms with E-state index in [0.29, 0.717) is 24.7 Å². The fraction of sp³-hybridized carbons (Fsp3) is 0.429. The molecule has 0 unspecified atom stereocenters. The molecule has 2 rings (SSSR count). The Morgan fingerprint density at radius 1 is 1.42 bits per heavy atom. The molecule has 0 saturated heterocycles. The maximum atomic E-state index is 11.4. The van der Waals surface area contributed by atoms with Crippen LogP contribution in [0.15, 0.2) is 18.2 Å². The van der Waals surface area contributed by atoms with Crippen LogP contribution in [0.3, 0.4) is 0 Å². The summed E-state index contributed by atoms with van der Waals surface area (Å²) in [6.07, 6.45) is 2.95. The highest BCUT2D eigenvalue weighted by Crippen LogP contribution is 2.24. The average Bonchev–Trinajstić information content (AvgIpc) is 2.48. The standard InChI is InChI=1S/C14H17NO4/c1-17-13-4-3-11(10-5-7-19-8-6-10)15-12(13)9-14(16)18-2/h3-5H,6-9H2,1-2H3. The summed E-state index contributed by atoms with van der Waals surface area (Å²) in [7, 11) is 2.92. The van der Waals surface area contributed by atoms with Gasteiger partial charge < -0.3 is 14.2 Å². The Kier molecular flexibility index (Phi) is 4.52. The van der Waals surface area contributed by atoms with Crippen molar-refractivity contribution >= 4 is 11.5 Å². The van der Waals surface area contributed by atoms with Crippen molar-refractivity contribution in [1.29, 1.82) is 0 Å². The molecule has 0 aromatic carbocycles. The van der Waals surface area contributed by atoms with Crippen molar-refractivity contribution in [3.05, 3.63) is 29.6 Å². The predicted octanol–water partition coefficient (Wildman–Crippen LogP) is 1.61. The molecule has 0 spiro atoms. The summed E-state index contributed by atoms with van der Waals surface area (Å²) in [5.74, 6) is 0.269. The lowest BCUT2D eigenvalue weighted by atomic mass is 10.1. The number of methoxy groups -OCH3 is 2. The molecular formula is C14H17NO4. The SMILES string of the molecule is COC(=O)Cc1nc(C2=CCOCC2)ccc1OC. The zero-order chi connectivity index (χ0) is 13.7. The van der Waals surface area contributed by atoms with E-state index in [1.165, 1.54) is 7.11 Å². The third kappa shape index (κ3) is 3.32. The van der Waals surface area contributed by atoms with Gasteiger partial charge >= 0.3 is 5.97 Å². The summed E-state index contributed by atoms with van der Waals surface area (Å²) in [5, 5.41) is 0. The molecule has 0 amide bonds. The molecule has 0 bridgehead atoms. The number of rotatable bonds is 4. The smallest absolute Gasteiger partial charge is 0.311 e. The van der Waals surface area contributed by atoms with E-state index in [2.05, 4.69) is 9.72 Å². The van der Waals surface area contributed by atoms with Crippen LogP contribution in [0.1, 0.15) is 17.8 Å². The molecule has 1 aliphatic rings. The first-order valence-electron chi connectivity index (χ1n) is 6.12. The van der Waals surface area contributed by atoms with E-state index in [9.17, 15) is 4.79 Å². The highest BCUT2D eigenvalue weighted by molar-refractivity contribution is 5.73. The van der Waals surface area contributed by atoms with Gasteiger partial charge in [-0.1, -0.05) is 6.08 Å². The van der Waals surface area contributed by atoms with Crippen LogP contribution >= 0.6 is 0 Å². The summed E-state index contributed by atoms with van der Waals surface area (Å²) >= 11 is 0.